The van der Waals surface area contributed by atoms with Crippen molar-refractivity contribution in [3.63, 3.8) is 0 Å². The molecule has 0 aromatic heterocycles. The SMILES string of the molecule is COc1ccc(Nc2cc3c(c(C)c2C)OCC3(C)C)cc1. The van der Waals surface area contributed by atoms with Crippen molar-refractivity contribution in [3.8, 4) is 11.5 Å². The molecule has 116 valence electrons. The normalized spacial score (nSPS) is 15.1. The van der Waals surface area contributed by atoms with Gasteiger partial charge in [-0.25, -0.2) is 0 Å². The lowest BCUT2D eigenvalue weighted by molar-refractivity contribution is 0.290. The minimum Gasteiger partial charge on any atom is -0.497 e. The molecule has 3 heteroatoms. The molecule has 0 saturated carbocycles. The molecule has 0 spiro atoms. The van der Waals surface area contributed by atoms with E-state index in [9.17, 15) is 0 Å². The van der Waals surface area contributed by atoms with Crippen LogP contribution in [0.1, 0.15) is 30.5 Å². The van der Waals surface area contributed by atoms with Crippen LogP contribution in [0.3, 0.4) is 0 Å². The Bertz CT molecular complexity index is 702. The Morgan fingerprint density at radius 2 is 1.77 bits per heavy atom. The Morgan fingerprint density at radius 3 is 2.41 bits per heavy atom. The Labute approximate surface area is 132 Å². The van der Waals surface area contributed by atoms with Gasteiger partial charge in [0, 0.05) is 22.4 Å². The fraction of sp³-hybridized carbons (Fsp3) is 0.368. The van der Waals surface area contributed by atoms with E-state index in [1.807, 2.05) is 24.3 Å². The average molecular weight is 297 g/mol. The van der Waals surface area contributed by atoms with Gasteiger partial charge in [-0.3, -0.25) is 0 Å². The van der Waals surface area contributed by atoms with Crippen molar-refractivity contribution in [1.29, 1.82) is 0 Å². The van der Waals surface area contributed by atoms with E-state index < -0.39 is 0 Å². The van der Waals surface area contributed by atoms with E-state index >= 15 is 0 Å². The Morgan fingerprint density at radius 1 is 1.09 bits per heavy atom. The molecule has 1 aliphatic rings. The number of hydrogen-bond donors (Lipinski definition) is 1. The standard InChI is InChI=1S/C19H23NO2/c1-12-13(2)18-16(19(3,4)11-22-18)10-17(12)20-14-6-8-15(21-5)9-7-14/h6-10,20H,11H2,1-5H3. The fourth-order valence-electron chi connectivity index (χ4n) is 2.87. The first-order valence-corrected chi connectivity index (χ1v) is 7.61. The molecule has 1 aliphatic heterocycles. The van der Waals surface area contributed by atoms with Crippen LogP contribution in [0, 0.1) is 13.8 Å². The number of benzene rings is 2. The third-order valence-electron chi connectivity index (χ3n) is 4.52. The molecule has 1 N–H and O–H groups in total. The zero-order valence-electron chi connectivity index (χ0n) is 13.9. The topological polar surface area (TPSA) is 30.5 Å². The predicted octanol–water partition coefficient (Wildman–Crippen LogP) is 4.73. The molecule has 0 radical (unpaired) electrons. The summed E-state index contributed by atoms with van der Waals surface area (Å²) in [6, 6.07) is 10.2. The number of methoxy groups -OCH3 is 1. The van der Waals surface area contributed by atoms with E-state index in [4.69, 9.17) is 9.47 Å². The Balaban J connectivity index is 1.99. The molecule has 3 rings (SSSR count). The van der Waals surface area contributed by atoms with Crippen LogP contribution in [-0.4, -0.2) is 13.7 Å². The van der Waals surface area contributed by atoms with E-state index in [2.05, 4.69) is 39.1 Å². The summed E-state index contributed by atoms with van der Waals surface area (Å²) in [5.41, 5.74) is 5.99. The summed E-state index contributed by atoms with van der Waals surface area (Å²) in [6.45, 7) is 9.47. The molecule has 0 unspecified atom stereocenters. The summed E-state index contributed by atoms with van der Waals surface area (Å²) in [6.07, 6.45) is 0. The van der Waals surface area contributed by atoms with E-state index in [1.54, 1.807) is 7.11 Å². The summed E-state index contributed by atoms with van der Waals surface area (Å²) in [5.74, 6) is 1.92. The van der Waals surface area contributed by atoms with Crippen LogP contribution in [0.2, 0.25) is 0 Å². The maximum Gasteiger partial charge on any atom is 0.126 e. The van der Waals surface area contributed by atoms with Gasteiger partial charge in [0.1, 0.15) is 11.5 Å². The van der Waals surface area contributed by atoms with Crippen molar-refractivity contribution in [2.75, 3.05) is 19.0 Å². The molecule has 0 bridgehead atoms. The summed E-state index contributed by atoms with van der Waals surface area (Å²) in [5, 5.41) is 3.52. The van der Waals surface area contributed by atoms with E-state index in [0.29, 0.717) is 0 Å². The molecule has 0 atom stereocenters. The molecule has 0 amide bonds. The second-order valence-electron chi connectivity index (χ2n) is 6.58. The molecule has 22 heavy (non-hydrogen) atoms. The molecule has 1 heterocycles. The molecule has 2 aromatic rings. The number of anilines is 2. The van der Waals surface area contributed by atoms with Crippen LogP contribution < -0.4 is 14.8 Å². The zero-order chi connectivity index (χ0) is 15.9. The van der Waals surface area contributed by atoms with Crippen LogP contribution >= 0.6 is 0 Å². The number of fused-ring (bicyclic) bond motifs is 1. The van der Waals surface area contributed by atoms with Crippen LogP contribution in [0.4, 0.5) is 11.4 Å². The van der Waals surface area contributed by atoms with Gasteiger partial charge in [-0.15, -0.1) is 0 Å². The molecular weight excluding hydrogens is 274 g/mol. The second-order valence-corrected chi connectivity index (χ2v) is 6.58. The smallest absolute Gasteiger partial charge is 0.126 e. The van der Waals surface area contributed by atoms with Gasteiger partial charge < -0.3 is 14.8 Å². The highest BCUT2D eigenvalue weighted by molar-refractivity contribution is 5.70. The minimum absolute atomic E-state index is 0.0597. The summed E-state index contributed by atoms with van der Waals surface area (Å²) < 4.78 is 11.1. The van der Waals surface area contributed by atoms with Crippen molar-refractivity contribution >= 4 is 11.4 Å². The first-order valence-electron chi connectivity index (χ1n) is 7.61. The Hall–Kier alpha value is -2.16. The van der Waals surface area contributed by atoms with Gasteiger partial charge in [0.25, 0.3) is 0 Å². The molecule has 0 aliphatic carbocycles. The second kappa shape index (κ2) is 5.24. The quantitative estimate of drug-likeness (QED) is 0.888. The van der Waals surface area contributed by atoms with E-state index in [-0.39, 0.29) is 5.41 Å². The van der Waals surface area contributed by atoms with Crippen molar-refractivity contribution < 1.29 is 9.47 Å². The van der Waals surface area contributed by atoms with Gasteiger partial charge in [-0.1, -0.05) is 13.8 Å². The monoisotopic (exact) mass is 297 g/mol. The van der Waals surface area contributed by atoms with E-state index in [0.717, 1.165) is 29.5 Å². The highest BCUT2D eigenvalue weighted by Gasteiger charge is 2.34. The zero-order valence-corrected chi connectivity index (χ0v) is 13.9. The van der Waals surface area contributed by atoms with Gasteiger partial charge in [0.05, 0.1) is 13.7 Å². The average Bonchev–Trinajstić information content (AvgIpc) is 2.81. The minimum atomic E-state index is 0.0597. The molecule has 3 nitrogen and oxygen atoms in total. The lowest BCUT2D eigenvalue weighted by atomic mass is 9.85. The summed E-state index contributed by atoms with van der Waals surface area (Å²) in [4.78, 5) is 0. The van der Waals surface area contributed by atoms with Crippen molar-refractivity contribution in [1.82, 2.24) is 0 Å². The largest absolute Gasteiger partial charge is 0.497 e. The summed E-state index contributed by atoms with van der Waals surface area (Å²) in [7, 11) is 1.68. The molecule has 0 saturated heterocycles. The number of ether oxygens (including phenoxy) is 2. The molecule has 2 aromatic carbocycles. The lowest BCUT2D eigenvalue weighted by Crippen LogP contribution is -2.18. The van der Waals surface area contributed by atoms with Crippen molar-refractivity contribution in [2.24, 2.45) is 0 Å². The van der Waals surface area contributed by atoms with Gasteiger partial charge in [-0.2, -0.15) is 0 Å². The highest BCUT2D eigenvalue weighted by Crippen LogP contribution is 2.44. The number of rotatable bonds is 3. The van der Waals surface area contributed by atoms with Crippen LogP contribution in [0.5, 0.6) is 11.5 Å². The van der Waals surface area contributed by atoms with E-state index in [1.165, 1.54) is 16.7 Å². The third kappa shape index (κ3) is 2.41. The summed E-state index contributed by atoms with van der Waals surface area (Å²) >= 11 is 0. The molecule has 0 fully saturated rings. The fourth-order valence-corrected chi connectivity index (χ4v) is 2.87. The predicted molar refractivity (Wildman–Crippen MR) is 90.7 cm³/mol. The molecular formula is C19H23NO2. The number of hydrogen-bond acceptors (Lipinski definition) is 3. The Kier molecular flexibility index (Phi) is 3.51. The van der Waals surface area contributed by atoms with Gasteiger partial charge in [0.15, 0.2) is 0 Å². The third-order valence-corrected chi connectivity index (χ3v) is 4.52. The van der Waals surface area contributed by atoms with Gasteiger partial charge in [0.2, 0.25) is 0 Å². The van der Waals surface area contributed by atoms with Gasteiger partial charge in [-0.05, 0) is 55.3 Å². The van der Waals surface area contributed by atoms with Crippen molar-refractivity contribution in [2.45, 2.75) is 33.1 Å². The van der Waals surface area contributed by atoms with Gasteiger partial charge >= 0.3 is 0 Å². The maximum absolute atomic E-state index is 5.92. The van der Waals surface area contributed by atoms with Crippen molar-refractivity contribution in [3.05, 3.63) is 47.0 Å². The first kappa shape index (κ1) is 14.8. The van der Waals surface area contributed by atoms with Crippen LogP contribution in [0.15, 0.2) is 30.3 Å². The number of nitrogens with one attached hydrogen (secondary N) is 1. The lowest BCUT2D eigenvalue weighted by Gasteiger charge is -2.19. The highest BCUT2D eigenvalue weighted by atomic mass is 16.5. The van der Waals surface area contributed by atoms with Crippen LogP contribution in [-0.2, 0) is 5.41 Å². The van der Waals surface area contributed by atoms with Crippen LogP contribution in [0.25, 0.3) is 0 Å². The first-order chi connectivity index (χ1) is 10.4. The maximum atomic E-state index is 5.92.